The first kappa shape index (κ1) is 17.5. The molecular weight excluding hydrogens is 318 g/mol. The number of carboxylic acids is 2. The molecule has 0 spiro atoms. The van der Waals surface area contributed by atoms with Crippen LogP contribution in [0.2, 0.25) is 0 Å². The van der Waals surface area contributed by atoms with Crippen molar-refractivity contribution < 1.29 is 24.6 Å². The van der Waals surface area contributed by atoms with Gasteiger partial charge in [0.05, 0.1) is 4.88 Å². The van der Waals surface area contributed by atoms with Crippen LogP contribution >= 0.6 is 11.3 Å². The van der Waals surface area contributed by atoms with Crippen molar-refractivity contribution in [1.29, 1.82) is 0 Å². The smallest absolute Gasteiger partial charge is 0.326 e. The molecule has 0 fully saturated rings. The molecule has 0 unspecified atom stereocenters. The van der Waals surface area contributed by atoms with Gasteiger partial charge in [0.1, 0.15) is 6.04 Å². The maximum absolute atomic E-state index is 12.3. The van der Waals surface area contributed by atoms with E-state index in [1.54, 1.807) is 0 Å². The van der Waals surface area contributed by atoms with Gasteiger partial charge in [-0.25, -0.2) is 4.79 Å². The topological polar surface area (TPSA) is 104 Å². The summed E-state index contributed by atoms with van der Waals surface area (Å²) in [5, 5.41) is 20.2. The van der Waals surface area contributed by atoms with Crippen LogP contribution in [0.4, 0.5) is 0 Å². The summed E-state index contributed by atoms with van der Waals surface area (Å²) >= 11 is 1.42. The predicted molar refractivity (Wildman–Crippen MR) is 86.0 cm³/mol. The molecule has 0 saturated carbocycles. The standard InChI is InChI=1S/C16H21NO5S/c18-14(19)8-7-11(16(21)22)17-15(20)13-9-10-5-3-1-2-4-6-12(10)23-13/h9,11H,1-8H2,(H,17,20)(H,18,19)(H,21,22)/t11-/m0/s1. The van der Waals surface area contributed by atoms with Gasteiger partial charge in [-0.1, -0.05) is 12.8 Å². The second kappa shape index (κ2) is 8.10. The van der Waals surface area contributed by atoms with Gasteiger partial charge in [0, 0.05) is 11.3 Å². The Morgan fingerprint density at radius 2 is 1.83 bits per heavy atom. The molecule has 1 aromatic heterocycles. The molecule has 1 aromatic rings. The molecule has 7 heteroatoms. The number of hydrogen-bond acceptors (Lipinski definition) is 4. The molecule has 1 aliphatic rings. The summed E-state index contributed by atoms with van der Waals surface area (Å²) in [7, 11) is 0. The Morgan fingerprint density at radius 1 is 1.13 bits per heavy atom. The van der Waals surface area contributed by atoms with Crippen molar-refractivity contribution in [1.82, 2.24) is 5.32 Å². The number of carboxylic acid groups (broad SMARTS) is 2. The fourth-order valence-electron chi connectivity index (χ4n) is 2.71. The molecule has 126 valence electrons. The molecule has 0 aliphatic heterocycles. The Bertz CT molecular complexity index is 570. The number of nitrogens with one attached hydrogen (secondary N) is 1. The quantitative estimate of drug-likeness (QED) is 0.738. The molecule has 1 aliphatic carbocycles. The Kier molecular flexibility index (Phi) is 6.15. The Hall–Kier alpha value is -1.89. The van der Waals surface area contributed by atoms with E-state index >= 15 is 0 Å². The van der Waals surface area contributed by atoms with Gasteiger partial charge in [-0.3, -0.25) is 9.59 Å². The highest BCUT2D eigenvalue weighted by molar-refractivity contribution is 7.14. The molecule has 0 saturated heterocycles. The molecule has 1 atom stereocenters. The summed E-state index contributed by atoms with van der Waals surface area (Å²) in [5.74, 6) is -2.72. The van der Waals surface area contributed by atoms with Gasteiger partial charge in [-0.05, 0) is 43.7 Å². The summed E-state index contributed by atoms with van der Waals surface area (Å²) in [6, 6.07) is 0.680. The summed E-state index contributed by atoms with van der Waals surface area (Å²) < 4.78 is 0. The fourth-order valence-corrected chi connectivity index (χ4v) is 3.87. The summed E-state index contributed by atoms with van der Waals surface area (Å²) in [4.78, 5) is 35.7. The van der Waals surface area contributed by atoms with E-state index < -0.39 is 23.9 Å². The number of carbonyl (C=O) groups excluding carboxylic acids is 1. The minimum absolute atomic E-state index is 0.124. The summed E-state index contributed by atoms with van der Waals surface area (Å²) in [6.07, 6.45) is 6.14. The molecule has 1 amide bonds. The van der Waals surface area contributed by atoms with Crippen LogP contribution < -0.4 is 5.32 Å². The molecule has 3 N–H and O–H groups in total. The third-order valence-corrected chi connectivity index (χ3v) is 5.21. The lowest BCUT2D eigenvalue weighted by molar-refractivity contribution is -0.140. The second-order valence-electron chi connectivity index (χ2n) is 5.77. The van der Waals surface area contributed by atoms with Gasteiger partial charge in [-0.2, -0.15) is 0 Å². The first-order valence-corrected chi connectivity index (χ1v) is 8.66. The van der Waals surface area contributed by atoms with E-state index in [0.29, 0.717) is 4.88 Å². The van der Waals surface area contributed by atoms with E-state index in [2.05, 4.69) is 5.32 Å². The normalized spacial score (nSPS) is 15.8. The van der Waals surface area contributed by atoms with Crippen LogP contribution in [0.1, 0.15) is 58.6 Å². The van der Waals surface area contributed by atoms with Crippen molar-refractivity contribution in [2.24, 2.45) is 0 Å². The molecular formula is C16H21NO5S. The van der Waals surface area contributed by atoms with Crippen LogP contribution in [-0.4, -0.2) is 34.1 Å². The molecule has 1 heterocycles. The lowest BCUT2D eigenvalue weighted by Crippen LogP contribution is -2.40. The number of amides is 1. The first-order chi connectivity index (χ1) is 11.0. The van der Waals surface area contributed by atoms with E-state index in [1.807, 2.05) is 6.07 Å². The predicted octanol–water partition coefficient (Wildman–Crippen LogP) is 2.45. The highest BCUT2D eigenvalue weighted by Gasteiger charge is 2.23. The van der Waals surface area contributed by atoms with Crippen LogP contribution in [0.5, 0.6) is 0 Å². The Morgan fingerprint density at radius 3 is 2.48 bits per heavy atom. The highest BCUT2D eigenvalue weighted by atomic mass is 32.1. The molecule has 0 aromatic carbocycles. The number of carbonyl (C=O) groups is 3. The fraction of sp³-hybridized carbons (Fsp3) is 0.562. The molecule has 23 heavy (non-hydrogen) atoms. The number of thiophene rings is 1. The number of rotatable bonds is 6. The van der Waals surface area contributed by atoms with E-state index in [9.17, 15) is 14.4 Å². The monoisotopic (exact) mass is 339 g/mol. The van der Waals surface area contributed by atoms with Gasteiger partial charge in [0.25, 0.3) is 5.91 Å². The summed E-state index contributed by atoms with van der Waals surface area (Å²) in [6.45, 7) is 0. The molecule has 6 nitrogen and oxygen atoms in total. The van der Waals surface area contributed by atoms with Gasteiger partial charge in [0.2, 0.25) is 0 Å². The average molecular weight is 339 g/mol. The van der Waals surface area contributed by atoms with Crippen molar-refractivity contribution in [3.63, 3.8) is 0 Å². The largest absolute Gasteiger partial charge is 0.481 e. The lowest BCUT2D eigenvalue weighted by Gasteiger charge is -2.12. The van der Waals surface area contributed by atoms with Crippen molar-refractivity contribution in [2.45, 2.75) is 57.4 Å². The number of aryl methyl sites for hydroxylation is 2. The van der Waals surface area contributed by atoms with Gasteiger partial charge in [-0.15, -0.1) is 11.3 Å². The molecule has 0 radical (unpaired) electrons. The zero-order chi connectivity index (χ0) is 16.8. The van der Waals surface area contributed by atoms with Gasteiger partial charge < -0.3 is 15.5 Å². The molecule has 2 rings (SSSR count). The number of fused-ring (bicyclic) bond motifs is 1. The van der Waals surface area contributed by atoms with E-state index in [1.165, 1.54) is 34.6 Å². The average Bonchev–Trinajstić information content (AvgIpc) is 2.85. The number of hydrogen-bond donors (Lipinski definition) is 3. The van der Waals surface area contributed by atoms with Gasteiger partial charge in [0.15, 0.2) is 0 Å². The lowest BCUT2D eigenvalue weighted by atomic mass is 10.00. The maximum atomic E-state index is 12.3. The van der Waals surface area contributed by atoms with E-state index in [0.717, 1.165) is 25.7 Å². The van der Waals surface area contributed by atoms with Crippen LogP contribution in [-0.2, 0) is 22.4 Å². The van der Waals surface area contributed by atoms with E-state index in [-0.39, 0.29) is 12.8 Å². The minimum Gasteiger partial charge on any atom is -0.481 e. The van der Waals surface area contributed by atoms with Crippen LogP contribution in [0.3, 0.4) is 0 Å². The number of aliphatic carboxylic acids is 2. The van der Waals surface area contributed by atoms with E-state index in [4.69, 9.17) is 10.2 Å². The third kappa shape index (κ3) is 5.06. The first-order valence-electron chi connectivity index (χ1n) is 7.84. The Labute approximate surface area is 138 Å². The highest BCUT2D eigenvalue weighted by Crippen LogP contribution is 2.28. The van der Waals surface area contributed by atoms with Crippen molar-refractivity contribution in [3.8, 4) is 0 Å². The zero-order valence-electron chi connectivity index (χ0n) is 12.8. The van der Waals surface area contributed by atoms with Crippen LogP contribution in [0.25, 0.3) is 0 Å². The van der Waals surface area contributed by atoms with Crippen molar-refractivity contribution in [3.05, 3.63) is 21.4 Å². The van der Waals surface area contributed by atoms with Crippen molar-refractivity contribution >= 4 is 29.2 Å². The Balaban J connectivity index is 2.05. The van der Waals surface area contributed by atoms with Crippen LogP contribution in [0, 0.1) is 0 Å². The van der Waals surface area contributed by atoms with Gasteiger partial charge >= 0.3 is 11.9 Å². The summed E-state index contributed by atoms with van der Waals surface area (Å²) in [5.41, 5.74) is 1.19. The minimum atomic E-state index is -1.21. The van der Waals surface area contributed by atoms with Crippen LogP contribution in [0.15, 0.2) is 6.07 Å². The van der Waals surface area contributed by atoms with Crippen molar-refractivity contribution in [2.75, 3.05) is 0 Å². The molecule has 0 bridgehead atoms. The SMILES string of the molecule is O=C(O)CC[C@H](NC(=O)c1cc2c(s1)CCCCCC2)C(=O)O. The maximum Gasteiger partial charge on any atom is 0.326 e. The third-order valence-electron chi connectivity index (χ3n) is 3.97. The second-order valence-corrected chi connectivity index (χ2v) is 6.91. The zero-order valence-corrected chi connectivity index (χ0v) is 13.7.